The van der Waals surface area contributed by atoms with Crippen LogP contribution in [0, 0.1) is 23.3 Å². The molecule has 2 heterocycles. The highest BCUT2D eigenvalue weighted by Gasteiger charge is 2.30. The molecule has 6 heteroatoms. The van der Waals surface area contributed by atoms with E-state index in [-0.39, 0.29) is 46.3 Å². The van der Waals surface area contributed by atoms with Crippen LogP contribution >= 0.6 is 0 Å². The van der Waals surface area contributed by atoms with E-state index in [9.17, 15) is 0 Å². The molecule has 0 N–H and O–H groups in total. The number of hydrogen-bond acceptors (Lipinski definition) is 2. The number of halogens is 4. The van der Waals surface area contributed by atoms with E-state index in [1.807, 2.05) is 26.0 Å². The first-order valence-electron chi connectivity index (χ1n) is 13.9. The maximum Gasteiger partial charge on any atom is 0.167 e. The standard InChI is InChI=1S/C32H38F4O2/c1-3-5-7-9-23-13-11-21(19-37-23)25-15-17-27(31(35)29(25)33)28-18-16-26(30(34)32(28)36)22-12-14-24(38-20-22)10-8-6-4-2/h3-6,15-18,21-24H,7-14,19-20H2,1-2H3. The average Bonchev–Trinajstić information content (AvgIpc) is 2.93. The van der Waals surface area contributed by atoms with Gasteiger partial charge in [-0.2, -0.15) is 0 Å². The number of rotatable bonds is 9. The summed E-state index contributed by atoms with van der Waals surface area (Å²) in [6, 6.07) is 5.66. The molecule has 0 radical (unpaired) electrons. The first-order chi connectivity index (χ1) is 18.4. The molecule has 38 heavy (non-hydrogen) atoms. The van der Waals surface area contributed by atoms with E-state index in [0.717, 1.165) is 38.5 Å². The average molecular weight is 531 g/mol. The van der Waals surface area contributed by atoms with E-state index in [1.54, 1.807) is 0 Å². The number of benzene rings is 2. The van der Waals surface area contributed by atoms with Crippen molar-refractivity contribution in [3.8, 4) is 11.1 Å². The fourth-order valence-electron chi connectivity index (χ4n) is 5.63. The molecule has 2 fully saturated rings. The maximum absolute atomic E-state index is 15.2. The molecule has 0 aliphatic carbocycles. The molecule has 4 unspecified atom stereocenters. The lowest BCUT2D eigenvalue weighted by atomic mass is 9.87. The summed E-state index contributed by atoms with van der Waals surface area (Å²) in [5.74, 6) is -4.89. The zero-order valence-electron chi connectivity index (χ0n) is 22.3. The second kappa shape index (κ2) is 13.6. The van der Waals surface area contributed by atoms with Crippen LogP contribution in [-0.2, 0) is 9.47 Å². The van der Waals surface area contributed by atoms with Crippen molar-refractivity contribution in [2.75, 3.05) is 13.2 Å². The summed E-state index contributed by atoms with van der Waals surface area (Å²) in [5, 5.41) is 0. The minimum absolute atomic E-state index is 0.115. The first-order valence-corrected chi connectivity index (χ1v) is 13.9. The van der Waals surface area contributed by atoms with Crippen molar-refractivity contribution in [3.05, 3.63) is 83.0 Å². The Morgan fingerprint density at radius 3 is 1.39 bits per heavy atom. The molecule has 0 aromatic heterocycles. The molecule has 2 aliphatic heterocycles. The van der Waals surface area contributed by atoms with E-state index in [1.165, 1.54) is 24.3 Å². The second-order valence-corrected chi connectivity index (χ2v) is 10.4. The largest absolute Gasteiger partial charge is 0.378 e. The minimum atomic E-state index is -1.16. The van der Waals surface area contributed by atoms with Gasteiger partial charge in [0.15, 0.2) is 23.3 Å². The number of hydrogen-bond donors (Lipinski definition) is 0. The minimum Gasteiger partial charge on any atom is -0.378 e. The molecule has 2 aromatic rings. The number of allylic oxidation sites excluding steroid dienone is 4. The van der Waals surface area contributed by atoms with E-state index in [0.29, 0.717) is 26.1 Å². The molecule has 4 rings (SSSR count). The fourth-order valence-corrected chi connectivity index (χ4v) is 5.63. The van der Waals surface area contributed by atoms with Gasteiger partial charge in [-0.25, -0.2) is 17.6 Å². The van der Waals surface area contributed by atoms with Crippen molar-refractivity contribution in [1.82, 2.24) is 0 Å². The third kappa shape index (κ3) is 6.58. The van der Waals surface area contributed by atoms with E-state index < -0.39 is 23.3 Å². The molecule has 4 atom stereocenters. The Balaban J connectivity index is 1.45. The van der Waals surface area contributed by atoms with Crippen molar-refractivity contribution in [3.63, 3.8) is 0 Å². The third-order valence-electron chi connectivity index (χ3n) is 7.92. The van der Waals surface area contributed by atoms with Gasteiger partial charge >= 0.3 is 0 Å². The second-order valence-electron chi connectivity index (χ2n) is 10.4. The molecule has 0 bridgehead atoms. The maximum atomic E-state index is 15.2. The fraction of sp³-hybridized carbons (Fsp3) is 0.500. The summed E-state index contributed by atoms with van der Waals surface area (Å²) in [4.78, 5) is 0. The summed E-state index contributed by atoms with van der Waals surface area (Å²) in [6.07, 6.45) is 15.0. The summed E-state index contributed by atoms with van der Waals surface area (Å²) >= 11 is 0. The van der Waals surface area contributed by atoms with E-state index in [4.69, 9.17) is 9.47 Å². The lowest BCUT2D eigenvalue weighted by Crippen LogP contribution is -2.25. The van der Waals surface area contributed by atoms with E-state index >= 15 is 17.6 Å². The molecule has 0 saturated carbocycles. The highest BCUT2D eigenvalue weighted by Crippen LogP contribution is 2.38. The summed E-state index contributed by atoms with van der Waals surface area (Å²) in [5.41, 5.74) is -0.115. The monoisotopic (exact) mass is 530 g/mol. The zero-order chi connectivity index (χ0) is 27.1. The Bertz CT molecular complexity index is 1040. The van der Waals surface area contributed by atoms with Crippen molar-refractivity contribution in [1.29, 1.82) is 0 Å². The Morgan fingerprint density at radius 1 is 0.632 bits per heavy atom. The highest BCUT2D eigenvalue weighted by atomic mass is 19.2. The van der Waals surface area contributed by atoms with Crippen LogP contribution in [0.15, 0.2) is 48.6 Å². The Kier molecular flexibility index (Phi) is 10.2. The number of ether oxygens (including phenoxy) is 2. The van der Waals surface area contributed by atoms with Crippen LogP contribution in [0.2, 0.25) is 0 Å². The quantitative estimate of drug-likeness (QED) is 0.238. The van der Waals surface area contributed by atoms with Crippen LogP contribution in [0.1, 0.15) is 88.2 Å². The summed E-state index contributed by atoms with van der Waals surface area (Å²) in [7, 11) is 0. The summed E-state index contributed by atoms with van der Waals surface area (Å²) < 4.78 is 72.5. The van der Waals surface area contributed by atoms with Crippen LogP contribution in [0.4, 0.5) is 17.6 Å². The smallest absolute Gasteiger partial charge is 0.167 e. The Hall–Kier alpha value is -2.44. The highest BCUT2D eigenvalue weighted by molar-refractivity contribution is 5.66. The molecule has 0 spiro atoms. The van der Waals surface area contributed by atoms with Crippen LogP contribution in [-0.4, -0.2) is 25.4 Å². The third-order valence-corrected chi connectivity index (χ3v) is 7.92. The van der Waals surface area contributed by atoms with Gasteiger partial charge in [-0.05, 0) is 76.3 Å². The Labute approximate surface area is 223 Å². The van der Waals surface area contributed by atoms with Crippen molar-refractivity contribution in [2.45, 2.75) is 89.3 Å². The molecule has 2 saturated heterocycles. The molecule has 2 aromatic carbocycles. The zero-order valence-corrected chi connectivity index (χ0v) is 22.3. The predicted octanol–water partition coefficient (Wildman–Crippen LogP) is 9.15. The topological polar surface area (TPSA) is 18.5 Å². The van der Waals surface area contributed by atoms with Gasteiger partial charge in [0.1, 0.15) is 0 Å². The van der Waals surface area contributed by atoms with Gasteiger partial charge < -0.3 is 9.47 Å². The van der Waals surface area contributed by atoms with Crippen LogP contribution in [0.3, 0.4) is 0 Å². The van der Waals surface area contributed by atoms with Gasteiger partial charge in [0.25, 0.3) is 0 Å². The normalized spacial score (nSPS) is 24.5. The van der Waals surface area contributed by atoms with Gasteiger partial charge in [0.05, 0.1) is 25.4 Å². The molecule has 0 amide bonds. The van der Waals surface area contributed by atoms with Crippen LogP contribution < -0.4 is 0 Å². The van der Waals surface area contributed by atoms with Gasteiger partial charge in [-0.15, -0.1) is 0 Å². The van der Waals surface area contributed by atoms with E-state index in [2.05, 4.69) is 12.2 Å². The van der Waals surface area contributed by atoms with Crippen molar-refractivity contribution in [2.24, 2.45) is 0 Å². The van der Waals surface area contributed by atoms with Gasteiger partial charge in [-0.3, -0.25) is 0 Å². The molecule has 2 nitrogen and oxygen atoms in total. The van der Waals surface area contributed by atoms with Crippen molar-refractivity contribution >= 4 is 0 Å². The molecule has 2 aliphatic rings. The SMILES string of the molecule is CC=CCCC1CCC(c2ccc(-c3ccc(C4CCC(CCC=CC)OC4)c(F)c3F)c(F)c2F)CO1. The predicted molar refractivity (Wildman–Crippen MR) is 143 cm³/mol. The lowest BCUT2D eigenvalue weighted by Gasteiger charge is -2.30. The Morgan fingerprint density at radius 2 is 1.05 bits per heavy atom. The molecular weight excluding hydrogens is 492 g/mol. The van der Waals surface area contributed by atoms with Crippen LogP contribution in [0.5, 0.6) is 0 Å². The summed E-state index contributed by atoms with van der Waals surface area (Å²) in [6.45, 7) is 4.57. The van der Waals surface area contributed by atoms with Crippen molar-refractivity contribution < 1.29 is 27.0 Å². The van der Waals surface area contributed by atoms with Gasteiger partial charge in [0.2, 0.25) is 0 Å². The first kappa shape index (κ1) is 28.6. The van der Waals surface area contributed by atoms with Gasteiger partial charge in [-0.1, -0.05) is 48.6 Å². The molecular formula is C32H38F4O2. The lowest BCUT2D eigenvalue weighted by molar-refractivity contribution is -0.00100. The van der Waals surface area contributed by atoms with Gasteiger partial charge in [0, 0.05) is 23.0 Å². The molecule has 206 valence electrons. The van der Waals surface area contributed by atoms with Crippen LogP contribution in [0.25, 0.3) is 11.1 Å².